The lowest BCUT2D eigenvalue weighted by atomic mass is 10.2. The second-order valence-corrected chi connectivity index (χ2v) is 4.61. The van der Waals surface area contributed by atoms with Crippen molar-refractivity contribution >= 4 is 26.8 Å². The second kappa shape index (κ2) is 3.89. The van der Waals surface area contributed by atoms with E-state index in [0.717, 1.165) is 21.1 Å². The van der Waals surface area contributed by atoms with E-state index in [1.165, 1.54) is 0 Å². The lowest BCUT2D eigenvalue weighted by molar-refractivity contribution is 0.476. The molecule has 3 rings (SSSR count). The van der Waals surface area contributed by atoms with Gasteiger partial charge in [-0.1, -0.05) is 12.1 Å². The van der Waals surface area contributed by atoms with Crippen LogP contribution in [-0.4, -0.2) is 14.9 Å². The zero-order valence-electron chi connectivity index (χ0n) is 8.84. The van der Waals surface area contributed by atoms with Crippen molar-refractivity contribution in [3.8, 4) is 11.4 Å². The lowest BCUT2D eigenvalue weighted by Crippen LogP contribution is -1.96. The van der Waals surface area contributed by atoms with Crippen LogP contribution in [0.1, 0.15) is 0 Å². The number of nitrogens with zero attached hydrogens (tertiary/aromatic N) is 2. The van der Waals surface area contributed by atoms with Gasteiger partial charge in [-0.2, -0.15) is 5.10 Å². The predicted octanol–water partition coefficient (Wildman–Crippen LogP) is 3.49. The molecule has 3 aromatic rings. The minimum absolute atomic E-state index is 0.242. The number of benzene rings is 2. The maximum atomic E-state index is 9.54. The molecule has 4 heteroatoms. The molecule has 0 atom stereocenters. The van der Waals surface area contributed by atoms with Crippen molar-refractivity contribution in [3.05, 3.63) is 53.1 Å². The van der Waals surface area contributed by atoms with Crippen LogP contribution in [-0.2, 0) is 0 Å². The molecule has 1 N–H and O–H groups in total. The van der Waals surface area contributed by atoms with Gasteiger partial charge in [0.25, 0.3) is 0 Å². The molecule has 84 valence electrons. The van der Waals surface area contributed by atoms with Gasteiger partial charge in [-0.3, -0.25) is 0 Å². The first kappa shape index (κ1) is 10.4. The number of para-hydroxylation sites is 1. The fourth-order valence-electron chi connectivity index (χ4n) is 1.82. The van der Waals surface area contributed by atoms with Crippen molar-refractivity contribution in [1.29, 1.82) is 0 Å². The quantitative estimate of drug-likeness (QED) is 0.744. The second-order valence-electron chi connectivity index (χ2n) is 3.75. The highest BCUT2D eigenvalue weighted by atomic mass is 79.9. The van der Waals surface area contributed by atoms with E-state index in [0.29, 0.717) is 0 Å². The Morgan fingerprint density at radius 3 is 2.76 bits per heavy atom. The first-order valence-corrected chi connectivity index (χ1v) is 5.97. The van der Waals surface area contributed by atoms with E-state index in [-0.39, 0.29) is 5.75 Å². The predicted molar refractivity (Wildman–Crippen MR) is 70.4 cm³/mol. The minimum Gasteiger partial charge on any atom is -0.508 e. The number of hydrogen-bond donors (Lipinski definition) is 1. The summed E-state index contributed by atoms with van der Waals surface area (Å²) in [5.74, 6) is 0.242. The van der Waals surface area contributed by atoms with Gasteiger partial charge in [0, 0.05) is 15.9 Å². The van der Waals surface area contributed by atoms with Crippen molar-refractivity contribution in [2.75, 3.05) is 0 Å². The Hall–Kier alpha value is -1.81. The van der Waals surface area contributed by atoms with Gasteiger partial charge in [0.05, 0.1) is 17.4 Å². The first-order chi connectivity index (χ1) is 8.25. The molecule has 1 heterocycles. The number of phenolic OH excluding ortho intramolecular Hbond substituents is 1. The Kier molecular flexibility index (Phi) is 2.37. The first-order valence-electron chi connectivity index (χ1n) is 5.17. The Balaban J connectivity index is 2.31. The van der Waals surface area contributed by atoms with Crippen LogP contribution in [0.25, 0.3) is 16.6 Å². The van der Waals surface area contributed by atoms with Gasteiger partial charge in [-0.05, 0) is 40.2 Å². The van der Waals surface area contributed by atoms with E-state index < -0.39 is 0 Å². The number of halogens is 1. The zero-order chi connectivity index (χ0) is 11.8. The van der Waals surface area contributed by atoms with Gasteiger partial charge < -0.3 is 5.11 Å². The Morgan fingerprint density at radius 2 is 1.94 bits per heavy atom. The number of aromatic hydroxyl groups is 1. The molecule has 0 spiro atoms. The van der Waals surface area contributed by atoms with E-state index >= 15 is 0 Å². The van der Waals surface area contributed by atoms with E-state index in [9.17, 15) is 5.11 Å². The summed E-state index contributed by atoms with van der Waals surface area (Å²) in [7, 11) is 0. The maximum Gasteiger partial charge on any atom is 0.117 e. The largest absolute Gasteiger partial charge is 0.508 e. The molecule has 0 saturated heterocycles. The smallest absolute Gasteiger partial charge is 0.117 e. The van der Waals surface area contributed by atoms with Crippen molar-refractivity contribution in [1.82, 2.24) is 9.78 Å². The van der Waals surface area contributed by atoms with Gasteiger partial charge in [0.2, 0.25) is 0 Å². The van der Waals surface area contributed by atoms with Gasteiger partial charge in [-0.15, -0.1) is 0 Å². The van der Waals surface area contributed by atoms with Crippen molar-refractivity contribution in [2.24, 2.45) is 0 Å². The average molecular weight is 289 g/mol. The summed E-state index contributed by atoms with van der Waals surface area (Å²) in [5.41, 5.74) is 1.84. The van der Waals surface area contributed by atoms with E-state index in [1.54, 1.807) is 23.0 Å². The lowest BCUT2D eigenvalue weighted by Gasteiger charge is -2.05. The molecule has 3 nitrogen and oxygen atoms in total. The summed E-state index contributed by atoms with van der Waals surface area (Å²) < 4.78 is 2.77. The topological polar surface area (TPSA) is 38.1 Å². The third kappa shape index (κ3) is 1.70. The number of rotatable bonds is 1. The van der Waals surface area contributed by atoms with Crippen LogP contribution in [0.2, 0.25) is 0 Å². The molecule has 1 aromatic heterocycles. The SMILES string of the molecule is Oc1ccc2cnn(-c3ccccc3Br)c2c1. The number of phenols is 1. The maximum absolute atomic E-state index is 9.54. The molecule has 0 bridgehead atoms. The van der Waals surface area contributed by atoms with E-state index in [4.69, 9.17) is 0 Å². The normalized spacial score (nSPS) is 10.9. The van der Waals surface area contributed by atoms with Gasteiger partial charge in [-0.25, -0.2) is 4.68 Å². The molecule has 0 fully saturated rings. The molecule has 0 aliphatic heterocycles. The van der Waals surface area contributed by atoms with Crippen LogP contribution in [0.15, 0.2) is 53.1 Å². The van der Waals surface area contributed by atoms with Crippen molar-refractivity contribution in [3.63, 3.8) is 0 Å². The molecule has 2 aromatic carbocycles. The number of hydrogen-bond acceptors (Lipinski definition) is 2. The highest BCUT2D eigenvalue weighted by Gasteiger charge is 2.07. The van der Waals surface area contributed by atoms with Crippen LogP contribution in [0.3, 0.4) is 0 Å². The Morgan fingerprint density at radius 1 is 1.12 bits per heavy atom. The molecule has 17 heavy (non-hydrogen) atoms. The van der Waals surface area contributed by atoms with E-state index in [2.05, 4.69) is 21.0 Å². The minimum atomic E-state index is 0.242. The molecule has 0 saturated carbocycles. The summed E-state index contributed by atoms with van der Waals surface area (Å²) in [6, 6.07) is 13.1. The summed E-state index contributed by atoms with van der Waals surface area (Å²) in [4.78, 5) is 0. The van der Waals surface area contributed by atoms with Crippen molar-refractivity contribution < 1.29 is 5.11 Å². The highest BCUT2D eigenvalue weighted by Crippen LogP contribution is 2.26. The fraction of sp³-hybridized carbons (Fsp3) is 0. The molecule has 0 amide bonds. The molecular weight excluding hydrogens is 280 g/mol. The van der Waals surface area contributed by atoms with Crippen LogP contribution in [0.5, 0.6) is 5.75 Å². The highest BCUT2D eigenvalue weighted by molar-refractivity contribution is 9.10. The summed E-state index contributed by atoms with van der Waals surface area (Å²) in [5, 5.41) is 14.9. The van der Waals surface area contributed by atoms with Gasteiger partial charge >= 0.3 is 0 Å². The Bertz CT molecular complexity index is 691. The van der Waals surface area contributed by atoms with Crippen LogP contribution < -0.4 is 0 Å². The number of fused-ring (bicyclic) bond motifs is 1. The standard InChI is InChI=1S/C13H9BrN2O/c14-11-3-1-2-4-12(11)16-13-7-10(17)6-5-9(13)8-15-16/h1-8,17H. The summed E-state index contributed by atoms with van der Waals surface area (Å²) >= 11 is 3.50. The summed E-state index contributed by atoms with van der Waals surface area (Å²) in [6.07, 6.45) is 1.79. The molecule has 0 aliphatic carbocycles. The summed E-state index contributed by atoms with van der Waals surface area (Å²) in [6.45, 7) is 0. The third-order valence-corrected chi connectivity index (χ3v) is 3.31. The Labute approximate surface area is 106 Å². The molecule has 0 radical (unpaired) electrons. The molecule has 0 aliphatic rings. The zero-order valence-corrected chi connectivity index (χ0v) is 10.4. The number of aromatic nitrogens is 2. The fourth-order valence-corrected chi connectivity index (χ4v) is 2.28. The van der Waals surface area contributed by atoms with Crippen LogP contribution in [0.4, 0.5) is 0 Å². The van der Waals surface area contributed by atoms with Crippen molar-refractivity contribution in [2.45, 2.75) is 0 Å². The molecule has 0 unspecified atom stereocenters. The molecular formula is C13H9BrN2O. The van der Waals surface area contributed by atoms with Crippen LogP contribution in [0, 0.1) is 0 Å². The van der Waals surface area contributed by atoms with Gasteiger partial charge in [0.15, 0.2) is 0 Å². The van der Waals surface area contributed by atoms with E-state index in [1.807, 2.05) is 30.3 Å². The third-order valence-electron chi connectivity index (χ3n) is 2.64. The monoisotopic (exact) mass is 288 g/mol. The average Bonchev–Trinajstić information content (AvgIpc) is 2.72. The van der Waals surface area contributed by atoms with Crippen LogP contribution >= 0.6 is 15.9 Å². The van der Waals surface area contributed by atoms with Gasteiger partial charge in [0.1, 0.15) is 5.75 Å².